The molecule has 6 nitrogen and oxygen atoms in total. The normalized spacial score (nSPS) is 17.7. The van der Waals surface area contributed by atoms with E-state index in [0.717, 1.165) is 10.6 Å². The Hall–Kier alpha value is -1.34. The summed E-state index contributed by atoms with van der Waals surface area (Å²) >= 11 is 0. The molecule has 0 amide bonds. The molecule has 1 aliphatic rings. The van der Waals surface area contributed by atoms with Crippen molar-refractivity contribution in [1.29, 1.82) is 0 Å². The molecule has 136 valence electrons. The van der Waals surface area contributed by atoms with Crippen LogP contribution in [0.3, 0.4) is 0 Å². The SMILES string of the molecule is CC(C)(CO)CNCC(O)COc1cccc2c1C(C)(C)CN2[O-]. The molecule has 1 heterocycles. The van der Waals surface area contributed by atoms with Gasteiger partial charge in [0, 0.05) is 48.3 Å². The summed E-state index contributed by atoms with van der Waals surface area (Å²) in [7, 11) is 0. The van der Waals surface area contributed by atoms with Gasteiger partial charge in [0.1, 0.15) is 18.5 Å². The Morgan fingerprint density at radius 3 is 2.79 bits per heavy atom. The third-order valence-corrected chi connectivity index (χ3v) is 4.33. The van der Waals surface area contributed by atoms with Gasteiger partial charge in [0.25, 0.3) is 0 Å². The molecule has 3 N–H and O–H groups in total. The van der Waals surface area contributed by atoms with Crippen molar-refractivity contribution < 1.29 is 14.9 Å². The first-order chi connectivity index (χ1) is 11.2. The quantitative estimate of drug-likeness (QED) is 0.668. The lowest BCUT2D eigenvalue weighted by atomic mass is 9.86. The zero-order chi connectivity index (χ0) is 18.0. The van der Waals surface area contributed by atoms with Gasteiger partial charge in [-0.2, -0.15) is 0 Å². The molecule has 0 saturated carbocycles. The van der Waals surface area contributed by atoms with Gasteiger partial charge in [-0.05, 0) is 12.1 Å². The lowest BCUT2D eigenvalue weighted by molar-refractivity contribution is 0.0972. The largest absolute Gasteiger partial charge is 0.758 e. The fraction of sp³-hybridized carbons (Fsp3) is 0.667. The van der Waals surface area contributed by atoms with Crippen molar-refractivity contribution in [3.8, 4) is 5.75 Å². The molecule has 1 atom stereocenters. The zero-order valence-corrected chi connectivity index (χ0v) is 15.0. The van der Waals surface area contributed by atoms with Crippen LogP contribution in [-0.2, 0) is 5.41 Å². The highest BCUT2D eigenvalue weighted by atomic mass is 16.5. The second-order valence-corrected chi connectivity index (χ2v) is 7.99. The van der Waals surface area contributed by atoms with E-state index < -0.39 is 6.10 Å². The summed E-state index contributed by atoms with van der Waals surface area (Å²) < 4.78 is 5.80. The van der Waals surface area contributed by atoms with Crippen molar-refractivity contribution in [2.24, 2.45) is 5.41 Å². The molecule has 0 bridgehead atoms. The van der Waals surface area contributed by atoms with Crippen molar-refractivity contribution in [3.63, 3.8) is 0 Å². The summed E-state index contributed by atoms with van der Waals surface area (Å²) in [6.45, 7) is 9.58. The minimum absolute atomic E-state index is 0.0868. The highest BCUT2D eigenvalue weighted by molar-refractivity contribution is 5.67. The van der Waals surface area contributed by atoms with E-state index in [4.69, 9.17) is 4.74 Å². The lowest BCUT2D eigenvalue weighted by Gasteiger charge is -2.27. The molecule has 2 rings (SSSR count). The number of benzene rings is 1. The monoisotopic (exact) mass is 337 g/mol. The zero-order valence-electron chi connectivity index (χ0n) is 15.0. The molecule has 0 radical (unpaired) electrons. The van der Waals surface area contributed by atoms with Gasteiger partial charge in [-0.1, -0.05) is 33.8 Å². The maximum Gasteiger partial charge on any atom is 0.125 e. The van der Waals surface area contributed by atoms with Crippen LogP contribution in [0.2, 0.25) is 0 Å². The van der Waals surface area contributed by atoms with E-state index in [1.54, 1.807) is 12.1 Å². The average molecular weight is 337 g/mol. The standard InChI is InChI=1S/C18H29N2O4/c1-17(2,12-21)10-19-8-13(22)9-24-15-7-5-6-14-16(15)18(3,4)11-20(14)23/h5-7,13,19,21-22H,8-12H2,1-4H3/q-1. The number of aliphatic hydroxyl groups is 2. The maximum atomic E-state index is 12.0. The Balaban J connectivity index is 1.92. The smallest absolute Gasteiger partial charge is 0.125 e. The van der Waals surface area contributed by atoms with Crippen molar-refractivity contribution in [3.05, 3.63) is 29.0 Å². The van der Waals surface area contributed by atoms with Gasteiger partial charge in [0.05, 0.1) is 0 Å². The van der Waals surface area contributed by atoms with Crippen molar-refractivity contribution >= 4 is 5.69 Å². The molecule has 6 heteroatoms. The highest BCUT2D eigenvalue weighted by Crippen LogP contribution is 2.45. The Kier molecular flexibility index (Phi) is 5.75. The fourth-order valence-corrected chi connectivity index (χ4v) is 2.93. The fourth-order valence-electron chi connectivity index (χ4n) is 2.93. The van der Waals surface area contributed by atoms with Crippen molar-refractivity contribution in [1.82, 2.24) is 5.32 Å². The third kappa shape index (κ3) is 4.39. The molecule has 0 aliphatic carbocycles. The second kappa shape index (κ2) is 7.27. The molecule has 1 aromatic carbocycles. The van der Waals surface area contributed by atoms with E-state index in [2.05, 4.69) is 5.32 Å². The molecule has 1 unspecified atom stereocenters. The van der Waals surface area contributed by atoms with Crippen LogP contribution >= 0.6 is 0 Å². The van der Waals surface area contributed by atoms with Gasteiger partial charge in [0.2, 0.25) is 0 Å². The van der Waals surface area contributed by atoms with E-state index >= 15 is 0 Å². The molecule has 0 spiro atoms. The van der Waals surface area contributed by atoms with E-state index in [1.165, 1.54) is 0 Å². The van der Waals surface area contributed by atoms with Gasteiger partial charge in [-0.15, -0.1) is 0 Å². The van der Waals surface area contributed by atoms with Gasteiger partial charge < -0.3 is 30.5 Å². The number of nitrogens with one attached hydrogen (secondary N) is 1. The summed E-state index contributed by atoms with van der Waals surface area (Å²) in [5.41, 5.74) is 1.06. The first-order valence-corrected chi connectivity index (χ1v) is 8.37. The number of hydrogen-bond donors (Lipinski definition) is 3. The second-order valence-electron chi connectivity index (χ2n) is 7.99. The van der Waals surface area contributed by atoms with Crippen LogP contribution in [0.1, 0.15) is 33.3 Å². The van der Waals surface area contributed by atoms with E-state index in [-0.39, 0.29) is 24.0 Å². The molecule has 1 aromatic rings. The number of fused-ring (bicyclic) bond motifs is 1. The van der Waals surface area contributed by atoms with Crippen LogP contribution in [0.25, 0.3) is 0 Å². The summed E-state index contributed by atoms with van der Waals surface area (Å²) in [4.78, 5) is 0. The van der Waals surface area contributed by atoms with Crippen LogP contribution in [-0.4, -0.2) is 49.2 Å². The van der Waals surface area contributed by atoms with E-state index in [0.29, 0.717) is 31.1 Å². The first-order valence-electron chi connectivity index (χ1n) is 8.37. The summed E-state index contributed by atoms with van der Waals surface area (Å²) in [5.74, 6) is 0.658. The number of nitrogens with zero attached hydrogens (tertiary/aromatic N) is 1. The van der Waals surface area contributed by atoms with Gasteiger partial charge in [0.15, 0.2) is 0 Å². The Bertz CT molecular complexity index is 560. The van der Waals surface area contributed by atoms with Gasteiger partial charge in [-0.25, -0.2) is 0 Å². The van der Waals surface area contributed by atoms with Crippen LogP contribution in [0, 0.1) is 10.6 Å². The molecule has 1 aliphatic heterocycles. The third-order valence-electron chi connectivity index (χ3n) is 4.33. The van der Waals surface area contributed by atoms with E-state index in [1.807, 2.05) is 33.8 Å². The Morgan fingerprint density at radius 2 is 2.12 bits per heavy atom. The predicted octanol–water partition coefficient (Wildman–Crippen LogP) is 1.63. The van der Waals surface area contributed by atoms with E-state index in [9.17, 15) is 15.4 Å². The predicted molar refractivity (Wildman–Crippen MR) is 95.4 cm³/mol. The minimum atomic E-state index is -0.664. The van der Waals surface area contributed by atoms with Crippen molar-refractivity contribution in [2.75, 3.05) is 37.9 Å². The highest BCUT2D eigenvalue weighted by Gasteiger charge is 2.34. The lowest BCUT2D eigenvalue weighted by Crippen LogP contribution is -2.38. The summed E-state index contributed by atoms with van der Waals surface area (Å²) in [6.07, 6.45) is -0.664. The number of hydroxylamine groups is 1. The topological polar surface area (TPSA) is 88.0 Å². The molecule has 0 saturated heterocycles. The van der Waals surface area contributed by atoms with Gasteiger partial charge >= 0.3 is 0 Å². The molecule has 0 aromatic heterocycles. The number of hydrogen-bond acceptors (Lipinski definition) is 6. The van der Waals surface area contributed by atoms with Crippen molar-refractivity contribution in [2.45, 2.75) is 39.2 Å². The maximum absolute atomic E-state index is 12.0. The number of aliphatic hydroxyl groups excluding tert-OH is 2. The summed E-state index contributed by atoms with van der Waals surface area (Å²) in [5, 5.41) is 35.5. The van der Waals surface area contributed by atoms with Crippen LogP contribution in [0.5, 0.6) is 5.75 Å². The summed E-state index contributed by atoms with van der Waals surface area (Å²) in [6, 6.07) is 5.45. The van der Waals surface area contributed by atoms with Crippen LogP contribution in [0.15, 0.2) is 18.2 Å². The molecular formula is C18H29N2O4-. The molecule has 0 fully saturated rings. The average Bonchev–Trinajstić information content (AvgIpc) is 2.75. The number of ether oxygens (including phenoxy) is 1. The van der Waals surface area contributed by atoms with Crippen LogP contribution < -0.4 is 15.1 Å². The number of anilines is 1. The minimum Gasteiger partial charge on any atom is -0.758 e. The molecule has 24 heavy (non-hydrogen) atoms. The first kappa shape index (κ1) is 19.0. The molecular weight excluding hydrogens is 308 g/mol. The van der Waals surface area contributed by atoms with Crippen LogP contribution in [0.4, 0.5) is 5.69 Å². The Morgan fingerprint density at radius 1 is 1.42 bits per heavy atom. The Labute approximate surface area is 144 Å². The number of rotatable bonds is 8. The van der Waals surface area contributed by atoms with Gasteiger partial charge in [-0.3, -0.25) is 0 Å².